The van der Waals surface area contributed by atoms with Crippen LogP contribution in [0.4, 0.5) is 14.5 Å². The first-order valence-corrected chi connectivity index (χ1v) is 10.4. The van der Waals surface area contributed by atoms with E-state index in [0.717, 1.165) is 11.6 Å². The van der Waals surface area contributed by atoms with E-state index in [1.54, 1.807) is 18.2 Å². The number of hydrogen-bond donors (Lipinski definition) is 3. The van der Waals surface area contributed by atoms with Gasteiger partial charge in [0.2, 0.25) is 11.7 Å². The summed E-state index contributed by atoms with van der Waals surface area (Å²) in [6.07, 6.45) is 0.335. The highest BCUT2D eigenvalue weighted by atomic mass is 19.1. The molecule has 2 unspecified atom stereocenters. The van der Waals surface area contributed by atoms with Crippen molar-refractivity contribution in [1.82, 2.24) is 20.5 Å². The Labute approximate surface area is 187 Å². The van der Waals surface area contributed by atoms with E-state index >= 15 is 0 Å². The van der Waals surface area contributed by atoms with E-state index in [0.29, 0.717) is 23.4 Å². The highest BCUT2D eigenvalue weighted by Gasteiger charge is 2.57. The third-order valence-corrected chi connectivity index (χ3v) is 6.27. The number of rotatable bonds is 4. The van der Waals surface area contributed by atoms with E-state index in [1.165, 1.54) is 6.07 Å². The van der Waals surface area contributed by atoms with Crippen LogP contribution < -0.4 is 10.6 Å². The quantitative estimate of drug-likeness (QED) is 0.566. The Kier molecular flexibility index (Phi) is 4.89. The van der Waals surface area contributed by atoms with Crippen LogP contribution in [-0.2, 0) is 11.2 Å². The molecule has 2 amide bonds. The molecular weight excluding hydrogens is 430 g/mol. The Balaban J connectivity index is 1.33. The third-order valence-electron chi connectivity index (χ3n) is 6.27. The molecule has 1 aliphatic heterocycles. The Morgan fingerprint density at radius 1 is 1.24 bits per heavy atom. The molecule has 33 heavy (non-hydrogen) atoms. The van der Waals surface area contributed by atoms with Crippen molar-refractivity contribution in [1.29, 1.82) is 5.26 Å². The van der Waals surface area contributed by atoms with Crippen molar-refractivity contribution in [3.63, 3.8) is 0 Å². The Hall–Kier alpha value is -4.13. The predicted octanol–water partition coefficient (Wildman–Crippen LogP) is 2.65. The summed E-state index contributed by atoms with van der Waals surface area (Å²) < 4.78 is 28.1. The minimum absolute atomic E-state index is 0.0425. The molecule has 2 aromatic carbocycles. The largest absolute Gasteiger partial charge is 0.337 e. The summed E-state index contributed by atoms with van der Waals surface area (Å²) >= 11 is 0. The van der Waals surface area contributed by atoms with Crippen LogP contribution in [0.1, 0.15) is 46.0 Å². The van der Waals surface area contributed by atoms with Gasteiger partial charge in [0.25, 0.3) is 5.91 Å². The van der Waals surface area contributed by atoms with E-state index in [4.69, 9.17) is 5.26 Å². The molecule has 3 N–H and O–H groups in total. The molecule has 0 spiro atoms. The highest BCUT2D eigenvalue weighted by Crippen LogP contribution is 2.59. The monoisotopic (exact) mass is 448 g/mol. The van der Waals surface area contributed by atoms with E-state index in [2.05, 4.69) is 31.9 Å². The van der Waals surface area contributed by atoms with Crippen molar-refractivity contribution < 1.29 is 18.4 Å². The molecule has 3 aromatic rings. The molecule has 4 atom stereocenters. The summed E-state index contributed by atoms with van der Waals surface area (Å²) in [6.45, 7) is 1.88. The number of fused-ring (bicyclic) bond motifs is 3. The van der Waals surface area contributed by atoms with Crippen molar-refractivity contribution in [3.05, 3.63) is 76.4 Å². The van der Waals surface area contributed by atoms with Gasteiger partial charge in [-0.2, -0.15) is 5.26 Å². The van der Waals surface area contributed by atoms with Crippen molar-refractivity contribution >= 4 is 17.5 Å². The zero-order valence-corrected chi connectivity index (χ0v) is 17.4. The van der Waals surface area contributed by atoms with Crippen LogP contribution in [0.5, 0.6) is 0 Å². The number of amides is 2. The minimum atomic E-state index is -0.937. The zero-order valence-electron chi connectivity index (χ0n) is 17.4. The molecule has 8 nitrogen and oxygen atoms in total. The lowest BCUT2D eigenvalue weighted by Gasteiger charge is -2.17. The van der Waals surface area contributed by atoms with Crippen LogP contribution in [-0.4, -0.2) is 33.0 Å². The molecule has 1 saturated carbocycles. The second kappa shape index (κ2) is 7.78. The van der Waals surface area contributed by atoms with E-state index < -0.39 is 29.5 Å². The summed E-state index contributed by atoms with van der Waals surface area (Å²) in [5.41, 5.74) is 1.69. The van der Waals surface area contributed by atoms with Gasteiger partial charge in [0.15, 0.2) is 0 Å². The summed E-state index contributed by atoms with van der Waals surface area (Å²) in [5, 5.41) is 22.0. The fourth-order valence-electron chi connectivity index (χ4n) is 4.65. The molecule has 5 rings (SSSR count). The number of aromatic nitrogens is 3. The standard InChI is InChI=1S/C23H18F2N6O2/c1-10-17-14-7-13(24)8-15(25)19(14)28-22(32)20(18(10)17)29-23(33)21-27-16(30-31-21)6-11-3-2-4-12(5-11)9-26/h2-5,7-8,10,17-18,20H,6H2,1H3,(H,28,32)(H,29,33)(H,27,30,31)/t10-,17?,18?,20-/m0/s1. The summed E-state index contributed by atoms with van der Waals surface area (Å²) in [4.78, 5) is 28.4. The van der Waals surface area contributed by atoms with Crippen molar-refractivity contribution in [2.45, 2.75) is 25.3 Å². The minimum Gasteiger partial charge on any atom is -0.337 e. The van der Waals surface area contributed by atoms with Crippen molar-refractivity contribution in [2.24, 2.45) is 11.8 Å². The molecule has 10 heteroatoms. The molecule has 0 bridgehead atoms. The zero-order chi connectivity index (χ0) is 23.3. The first-order valence-electron chi connectivity index (χ1n) is 10.4. The molecule has 0 saturated heterocycles. The van der Waals surface area contributed by atoms with Crippen molar-refractivity contribution in [2.75, 3.05) is 5.32 Å². The van der Waals surface area contributed by atoms with Crippen LogP contribution in [0, 0.1) is 34.8 Å². The maximum Gasteiger partial charge on any atom is 0.289 e. The molecule has 166 valence electrons. The van der Waals surface area contributed by atoms with Gasteiger partial charge in [-0.3, -0.25) is 9.59 Å². The fraction of sp³-hybridized carbons (Fsp3) is 0.261. The number of aromatic amines is 1. The SMILES string of the molecule is C[C@H]1C2c3cc(F)cc(F)c3NC(=O)[C@@H](NC(=O)c3nnc(Cc4cccc(C#N)c4)[nH]3)C21. The number of H-pyrrole nitrogens is 1. The average Bonchev–Trinajstić information content (AvgIpc) is 3.24. The van der Waals surface area contributed by atoms with Crippen LogP contribution in [0.3, 0.4) is 0 Å². The number of anilines is 1. The lowest BCUT2D eigenvalue weighted by molar-refractivity contribution is -0.118. The fourth-order valence-corrected chi connectivity index (χ4v) is 4.65. The van der Waals surface area contributed by atoms with E-state index in [9.17, 15) is 18.4 Å². The van der Waals surface area contributed by atoms with Gasteiger partial charge in [0.05, 0.1) is 17.3 Å². The third kappa shape index (κ3) is 3.71. The summed E-state index contributed by atoms with van der Waals surface area (Å²) in [7, 11) is 0. The lowest BCUT2D eigenvalue weighted by atomic mass is 10.0. The predicted molar refractivity (Wildman–Crippen MR) is 112 cm³/mol. The first kappa shape index (κ1) is 20.8. The number of nitrogens with zero attached hydrogens (tertiary/aromatic N) is 3. The second-order valence-corrected chi connectivity index (χ2v) is 8.36. The topological polar surface area (TPSA) is 124 Å². The molecule has 0 radical (unpaired) electrons. The van der Waals surface area contributed by atoms with E-state index in [1.807, 2.05) is 13.0 Å². The van der Waals surface area contributed by atoms with Gasteiger partial charge in [-0.05, 0) is 47.1 Å². The summed E-state index contributed by atoms with van der Waals surface area (Å²) in [5.74, 6) is -3.01. The van der Waals surface area contributed by atoms with Gasteiger partial charge in [-0.1, -0.05) is 19.1 Å². The van der Waals surface area contributed by atoms with Gasteiger partial charge in [0.1, 0.15) is 23.5 Å². The maximum atomic E-state index is 14.3. The number of nitriles is 1. The number of hydrogen-bond acceptors (Lipinski definition) is 5. The molecule has 2 heterocycles. The van der Waals surface area contributed by atoms with Crippen molar-refractivity contribution in [3.8, 4) is 6.07 Å². The Morgan fingerprint density at radius 2 is 2.06 bits per heavy atom. The molecule has 1 fully saturated rings. The highest BCUT2D eigenvalue weighted by molar-refractivity contribution is 6.02. The van der Waals surface area contributed by atoms with Crippen LogP contribution in [0.15, 0.2) is 36.4 Å². The number of nitrogens with one attached hydrogen (secondary N) is 3. The number of benzene rings is 2. The average molecular weight is 448 g/mol. The lowest BCUT2D eigenvalue weighted by Crippen LogP contribution is -2.45. The molecule has 1 aliphatic carbocycles. The number of halogens is 2. The molecular formula is C23H18F2N6O2. The number of carbonyl (C=O) groups excluding carboxylic acids is 2. The van der Waals surface area contributed by atoms with Gasteiger partial charge < -0.3 is 15.6 Å². The van der Waals surface area contributed by atoms with E-state index in [-0.39, 0.29) is 29.3 Å². The van der Waals surface area contributed by atoms with Gasteiger partial charge in [0, 0.05) is 12.5 Å². The van der Waals surface area contributed by atoms with Gasteiger partial charge in [-0.25, -0.2) is 8.78 Å². The molecule has 1 aromatic heterocycles. The Morgan fingerprint density at radius 3 is 2.85 bits per heavy atom. The second-order valence-electron chi connectivity index (χ2n) is 8.36. The smallest absolute Gasteiger partial charge is 0.289 e. The van der Waals surface area contributed by atoms with Gasteiger partial charge >= 0.3 is 0 Å². The normalized spacial score (nSPS) is 22.9. The molecule has 2 aliphatic rings. The Bertz CT molecular complexity index is 1330. The summed E-state index contributed by atoms with van der Waals surface area (Å²) in [6, 6.07) is 10.1. The number of carbonyl (C=O) groups is 2. The van der Waals surface area contributed by atoms with Crippen LogP contribution in [0.2, 0.25) is 0 Å². The van der Waals surface area contributed by atoms with Crippen LogP contribution in [0.25, 0.3) is 0 Å². The van der Waals surface area contributed by atoms with Crippen LogP contribution >= 0.6 is 0 Å². The first-order chi connectivity index (χ1) is 15.9. The maximum absolute atomic E-state index is 14.3. The van der Waals surface area contributed by atoms with Gasteiger partial charge in [-0.15, -0.1) is 10.2 Å².